The van der Waals surface area contributed by atoms with Crippen molar-refractivity contribution in [3.05, 3.63) is 34.6 Å². The van der Waals surface area contributed by atoms with Gasteiger partial charge in [0.15, 0.2) is 0 Å². The molecular weight excluding hydrogens is 179 g/mol. The van der Waals surface area contributed by atoms with Gasteiger partial charge < -0.3 is 5.11 Å². The minimum Gasteiger partial charge on any atom is -0.388 e. The molecular formula is C9H10ClFO. The Bertz CT molecular complexity index is 275. The second kappa shape index (κ2) is 3.87. The Labute approximate surface area is 75.8 Å². The van der Waals surface area contributed by atoms with Gasteiger partial charge in [0.2, 0.25) is 0 Å². The third kappa shape index (κ3) is 1.76. The molecule has 3 heteroatoms. The summed E-state index contributed by atoms with van der Waals surface area (Å²) in [4.78, 5) is 0. The summed E-state index contributed by atoms with van der Waals surface area (Å²) in [6.45, 7) is 1.78. The Morgan fingerprint density at radius 3 is 2.83 bits per heavy atom. The van der Waals surface area contributed by atoms with Gasteiger partial charge in [-0.3, -0.25) is 0 Å². The van der Waals surface area contributed by atoms with E-state index in [9.17, 15) is 9.50 Å². The first-order valence-electron chi connectivity index (χ1n) is 3.78. The first kappa shape index (κ1) is 9.49. The summed E-state index contributed by atoms with van der Waals surface area (Å²) in [6, 6.07) is 4.62. The Balaban J connectivity index is 3.07. The molecule has 0 spiro atoms. The summed E-state index contributed by atoms with van der Waals surface area (Å²) >= 11 is 5.53. The van der Waals surface area contributed by atoms with Crippen molar-refractivity contribution in [3.8, 4) is 0 Å². The van der Waals surface area contributed by atoms with E-state index < -0.39 is 11.9 Å². The molecule has 1 N–H and O–H groups in total. The van der Waals surface area contributed by atoms with Crippen molar-refractivity contribution in [2.75, 3.05) is 0 Å². The first-order valence-corrected chi connectivity index (χ1v) is 4.16. The summed E-state index contributed by atoms with van der Waals surface area (Å²) < 4.78 is 13.1. The number of hydrogen-bond donors (Lipinski definition) is 1. The maximum Gasteiger partial charge on any atom is 0.147 e. The van der Waals surface area contributed by atoms with E-state index in [1.165, 1.54) is 12.1 Å². The molecule has 1 nitrogen and oxygen atoms in total. The normalized spacial score (nSPS) is 13.0. The standard InChI is InChI=1S/C9H10ClFO/c1-2-8(12)6-4-3-5-7(10)9(6)11/h3-5,8,12H,2H2,1H3/t8-/m0/s1. The van der Waals surface area contributed by atoms with E-state index in [-0.39, 0.29) is 10.6 Å². The van der Waals surface area contributed by atoms with Gasteiger partial charge in [-0.25, -0.2) is 4.39 Å². The fraction of sp³-hybridized carbons (Fsp3) is 0.333. The van der Waals surface area contributed by atoms with Gasteiger partial charge in [-0.05, 0) is 12.5 Å². The molecule has 0 aromatic heterocycles. The molecule has 0 aliphatic carbocycles. The zero-order valence-electron chi connectivity index (χ0n) is 6.72. The molecule has 0 heterocycles. The molecule has 0 bridgehead atoms. The van der Waals surface area contributed by atoms with Crippen molar-refractivity contribution in [2.24, 2.45) is 0 Å². The fourth-order valence-corrected chi connectivity index (χ4v) is 1.18. The topological polar surface area (TPSA) is 20.2 Å². The van der Waals surface area contributed by atoms with Crippen LogP contribution in [-0.2, 0) is 0 Å². The lowest BCUT2D eigenvalue weighted by Crippen LogP contribution is -1.98. The van der Waals surface area contributed by atoms with Gasteiger partial charge in [0.05, 0.1) is 11.1 Å². The number of hydrogen-bond acceptors (Lipinski definition) is 1. The molecule has 0 aliphatic heterocycles. The zero-order chi connectivity index (χ0) is 9.14. The quantitative estimate of drug-likeness (QED) is 0.757. The van der Waals surface area contributed by atoms with E-state index in [1.807, 2.05) is 0 Å². The van der Waals surface area contributed by atoms with Crippen molar-refractivity contribution in [3.63, 3.8) is 0 Å². The smallest absolute Gasteiger partial charge is 0.147 e. The fourth-order valence-electron chi connectivity index (χ4n) is 0.998. The number of benzene rings is 1. The third-order valence-corrected chi connectivity index (χ3v) is 2.02. The largest absolute Gasteiger partial charge is 0.388 e. The predicted octanol–water partition coefficient (Wildman–Crippen LogP) is 2.92. The van der Waals surface area contributed by atoms with Crippen LogP contribution >= 0.6 is 11.6 Å². The molecule has 66 valence electrons. The highest BCUT2D eigenvalue weighted by molar-refractivity contribution is 6.30. The number of aliphatic hydroxyl groups is 1. The molecule has 0 unspecified atom stereocenters. The molecule has 12 heavy (non-hydrogen) atoms. The molecule has 0 fully saturated rings. The van der Waals surface area contributed by atoms with Gasteiger partial charge in [-0.15, -0.1) is 0 Å². The highest BCUT2D eigenvalue weighted by atomic mass is 35.5. The van der Waals surface area contributed by atoms with E-state index >= 15 is 0 Å². The lowest BCUT2D eigenvalue weighted by atomic mass is 10.1. The molecule has 1 atom stereocenters. The molecule has 1 aromatic carbocycles. The van der Waals surface area contributed by atoms with Crippen molar-refractivity contribution in [1.29, 1.82) is 0 Å². The molecule has 1 rings (SSSR count). The van der Waals surface area contributed by atoms with E-state index in [0.717, 1.165) is 0 Å². The third-order valence-electron chi connectivity index (χ3n) is 1.73. The van der Waals surface area contributed by atoms with E-state index in [1.54, 1.807) is 13.0 Å². The van der Waals surface area contributed by atoms with Gasteiger partial charge in [0.25, 0.3) is 0 Å². The lowest BCUT2D eigenvalue weighted by Gasteiger charge is -2.09. The monoisotopic (exact) mass is 188 g/mol. The van der Waals surface area contributed by atoms with Gasteiger partial charge in [-0.1, -0.05) is 30.7 Å². The summed E-state index contributed by atoms with van der Waals surface area (Å²) in [5.41, 5.74) is 0.269. The average Bonchev–Trinajstić information content (AvgIpc) is 2.08. The van der Waals surface area contributed by atoms with Crippen molar-refractivity contribution in [2.45, 2.75) is 19.4 Å². The highest BCUT2D eigenvalue weighted by Gasteiger charge is 2.12. The van der Waals surface area contributed by atoms with Crippen LogP contribution in [0.25, 0.3) is 0 Å². The van der Waals surface area contributed by atoms with Crippen LogP contribution in [-0.4, -0.2) is 5.11 Å². The van der Waals surface area contributed by atoms with Crippen molar-refractivity contribution < 1.29 is 9.50 Å². The second-order valence-corrected chi connectivity index (χ2v) is 2.97. The van der Waals surface area contributed by atoms with Crippen molar-refractivity contribution in [1.82, 2.24) is 0 Å². The average molecular weight is 189 g/mol. The summed E-state index contributed by atoms with van der Waals surface area (Å²) in [5.74, 6) is -0.520. The van der Waals surface area contributed by atoms with Gasteiger partial charge in [-0.2, -0.15) is 0 Å². The van der Waals surface area contributed by atoms with Gasteiger partial charge in [0.1, 0.15) is 5.82 Å². The van der Waals surface area contributed by atoms with E-state index in [2.05, 4.69) is 0 Å². The van der Waals surface area contributed by atoms with Crippen LogP contribution in [0.15, 0.2) is 18.2 Å². The number of halogens is 2. The molecule has 0 saturated carbocycles. The number of aliphatic hydroxyl groups excluding tert-OH is 1. The maximum absolute atomic E-state index is 13.1. The first-order chi connectivity index (χ1) is 5.66. The predicted molar refractivity (Wildman–Crippen MR) is 46.7 cm³/mol. The second-order valence-electron chi connectivity index (χ2n) is 2.57. The van der Waals surface area contributed by atoms with E-state index in [0.29, 0.717) is 6.42 Å². The SMILES string of the molecule is CC[C@H](O)c1cccc(Cl)c1F. The van der Waals surface area contributed by atoms with Crippen LogP contribution < -0.4 is 0 Å². The lowest BCUT2D eigenvalue weighted by molar-refractivity contribution is 0.169. The van der Waals surface area contributed by atoms with Crippen LogP contribution in [0.5, 0.6) is 0 Å². The Morgan fingerprint density at radius 2 is 2.25 bits per heavy atom. The maximum atomic E-state index is 13.1. The van der Waals surface area contributed by atoms with Crippen LogP contribution in [0.4, 0.5) is 4.39 Å². The molecule has 1 aromatic rings. The number of rotatable bonds is 2. The minimum absolute atomic E-state index is 0.0556. The van der Waals surface area contributed by atoms with Crippen molar-refractivity contribution >= 4 is 11.6 Å². The van der Waals surface area contributed by atoms with Gasteiger partial charge >= 0.3 is 0 Å². The van der Waals surface area contributed by atoms with E-state index in [4.69, 9.17) is 11.6 Å². The molecule has 0 aliphatic rings. The Hall–Kier alpha value is -0.600. The minimum atomic E-state index is -0.760. The highest BCUT2D eigenvalue weighted by Crippen LogP contribution is 2.24. The molecule has 0 radical (unpaired) electrons. The van der Waals surface area contributed by atoms with Gasteiger partial charge in [0, 0.05) is 5.56 Å². The Morgan fingerprint density at radius 1 is 1.58 bits per heavy atom. The zero-order valence-corrected chi connectivity index (χ0v) is 7.48. The van der Waals surface area contributed by atoms with Crippen LogP contribution in [0, 0.1) is 5.82 Å². The Kier molecular flexibility index (Phi) is 3.06. The molecule has 0 saturated heterocycles. The molecule has 0 amide bonds. The summed E-state index contributed by atoms with van der Waals surface area (Å²) in [7, 11) is 0. The summed E-state index contributed by atoms with van der Waals surface area (Å²) in [5, 5.41) is 9.39. The van der Waals surface area contributed by atoms with Crippen LogP contribution in [0.2, 0.25) is 5.02 Å². The van der Waals surface area contributed by atoms with Crippen LogP contribution in [0.3, 0.4) is 0 Å². The summed E-state index contributed by atoms with van der Waals surface area (Å²) in [6.07, 6.45) is -0.277. The van der Waals surface area contributed by atoms with Crippen LogP contribution in [0.1, 0.15) is 25.0 Å².